The molecule has 0 saturated carbocycles. The first-order valence-electron chi connectivity index (χ1n) is 16.5. The Morgan fingerprint density at radius 3 is 1.89 bits per heavy atom. The molecule has 2 aromatic carbocycles. The minimum atomic E-state index is -1.98. The lowest BCUT2D eigenvalue weighted by molar-refractivity contribution is -0.354. The van der Waals surface area contributed by atoms with Crippen molar-refractivity contribution in [2.45, 2.75) is 99.0 Å². The van der Waals surface area contributed by atoms with Gasteiger partial charge >= 0.3 is 0 Å². The average Bonchev–Trinajstić information content (AvgIpc) is 3.14. The summed E-state index contributed by atoms with van der Waals surface area (Å²) in [5.74, 6) is -3.66. The maximum atomic E-state index is 14.0. The van der Waals surface area contributed by atoms with E-state index in [1.165, 1.54) is 13.0 Å². The van der Waals surface area contributed by atoms with Gasteiger partial charge in [-0.15, -0.1) is 0 Å². The predicted molar refractivity (Wildman–Crippen MR) is 173 cm³/mol. The van der Waals surface area contributed by atoms with Crippen LogP contribution in [-0.4, -0.2) is 172 Å². The van der Waals surface area contributed by atoms with Crippen molar-refractivity contribution in [1.29, 1.82) is 0 Å². The fourth-order valence-electron chi connectivity index (χ4n) is 6.28. The van der Waals surface area contributed by atoms with Crippen LogP contribution in [0.1, 0.15) is 6.92 Å². The first-order chi connectivity index (χ1) is 25.6. The van der Waals surface area contributed by atoms with Crippen LogP contribution < -0.4 is 14.9 Å². The summed E-state index contributed by atoms with van der Waals surface area (Å²) in [4.78, 5) is 14.0. The third kappa shape index (κ3) is 7.27. The van der Waals surface area contributed by atoms with Gasteiger partial charge in [-0.2, -0.15) is 0 Å². The Morgan fingerprint density at radius 2 is 1.24 bits per heavy atom. The minimum Gasteiger partial charge on any atom is -0.507 e. The van der Waals surface area contributed by atoms with Crippen molar-refractivity contribution in [3.05, 3.63) is 40.6 Å². The number of ether oxygens (including phenoxy) is 6. The Labute approximate surface area is 303 Å². The van der Waals surface area contributed by atoms with Crippen molar-refractivity contribution in [2.24, 2.45) is 0 Å². The monoisotopic (exact) mass is 772 g/mol. The zero-order chi connectivity index (χ0) is 39.3. The Balaban J connectivity index is 1.40. The molecule has 13 N–H and O–H groups in total. The number of aromatic hydroxyl groups is 3. The Hall–Kier alpha value is -3.91. The van der Waals surface area contributed by atoms with Crippen LogP contribution in [0.5, 0.6) is 28.7 Å². The molecule has 21 heteroatoms. The highest BCUT2D eigenvalue weighted by atomic mass is 16.8. The highest BCUT2D eigenvalue weighted by molar-refractivity contribution is 5.88. The lowest BCUT2D eigenvalue weighted by Crippen LogP contribution is -2.64. The third-order valence-corrected chi connectivity index (χ3v) is 9.40. The van der Waals surface area contributed by atoms with Gasteiger partial charge in [-0.3, -0.25) is 4.79 Å². The molecule has 4 heterocycles. The number of fused-ring (bicyclic) bond motifs is 1. The molecule has 15 atom stereocenters. The molecule has 3 saturated heterocycles. The normalized spacial score (nSPS) is 37.3. The van der Waals surface area contributed by atoms with Crippen LogP contribution in [0, 0.1) is 0 Å². The summed E-state index contributed by atoms with van der Waals surface area (Å²) in [6.07, 6.45) is -25.5. The molecule has 0 radical (unpaired) electrons. The van der Waals surface area contributed by atoms with Crippen molar-refractivity contribution < 1.29 is 99.2 Å². The van der Waals surface area contributed by atoms with Crippen molar-refractivity contribution in [1.82, 2.24) is 0 Å². The molecule has 3 aromatic rings. The van der Waals surface area contributed by atoms with Gasteiger partial charge in [-0.05, 0) is 25.1 Å². The molecule has 3 aliphatic heterocycles. The maximum absolute atomic E-state index is 14.0. The van der Waals surface area contributed by atoms with Crippen molar-refractivity contribution in [2.75, 3.05) is 13.2 Å². The molecule has 3 fully saturated rings. The second kappa shape index (κ2) is 15.7. The largest absolute Gasteiger partial charge is 0.507 e. The van der Waals surface area contributed by atoms with Crippen LogP contribution in [0.2, 0.25) is 0 Å². The van der Waals surface area contributed by atoms with Gasteiger partial charge in [0, 0.05) is 17.7 Å². The Morgan fingerprint density at radius 1 is 0.630 bits per heavy atom. The molecular weight excluding hydrogens is 732 g/mol. The van der Waals surface area contributed by atoms with Gasteiger partial charge in [0.15, 0.2) is 29.7 Å². The summed E-state index contributed by atoms with van der Waals surface area (Å²) in [5, 5.41) is 134. The number of hydrogen-bond acceptors (Lipinski definition) is 21. The molecule has 54 heavy (non-hydrogen) atoms. The summed E-state index contributed by atoms with van der Waals surface area (Å²) in [6.45, 7) is -0.287. The molecule has 0 spiro atoms. The maximum Gasteiger partial charge on any atom is 0.239 e. The number of aliphatic hydroxyl groups excluding tert-OH is 10. The fourth-order valence-corrected chi connectivity index (χ4v) is 6.28. The van der Waals surface area contributed by atoms with Gasteiger partial charge in [0.1, 0.15) is 83.5 Å². The van der Waals surface area contributed by atoms with Crippen LogP contribution in [-0.2, 0) is 18.9 Å². The summed E-state index contributed by atoms with van der Waals surface area (Å²) in [6, 6.07) is 5.14. The van der Waals surface area contributed by atoms with E-state index >= 15 is 0 Å². The molecular formula is C33H40O21. The van der Waals surface area contributed by atoms with E-state index in [1.54, 1.807) is 0 Å². The second-order valence-electron chi connectivity index (χ2n) is 13.0. The topological polar surface area (TPSA) is 349 Å². The summed E-state index contributed by atoms with van der Waals surface area (Å²) >= 11 is 0. The van der Waals surface area contributed by atoms with Gasteiger partial charge in [0.2, 0.25) is 23.8 Å². The van der Waals surface area contributed by atoms with E-state index in [1.807, 2.05) is 0 Å². The van der Waals surface area contributed by atoms with E-state index in [0.717, 1.165) is 24.3 Å². The number of hydrogen-bond donors (Lipinski definition) is 13. The van der Waals surface area contributed by atoms with E-state index in [4.69, 9.17) is 32.8 Å². The van der Waals surface area contributed by atoms with Gasteiger partial charge < -0.3 is 99.2 Å². The number of benzene rings is 2. The van der Waals surface area contributed by atoms with Gasteiger partial charge in [0.05, 0.1) is 19.3 Å². The van der Waals surface area contributed by atoms with E-state index in [2.05, 4.69) is 0 Å². The first kappa shape index (κ1) is 39.8. The highest BCUT2D eigenvalue weighted by Gasteiger charge is 2.51. The SMILES string of the molecule is C[C@@H]1O[C@@H](O[C@@H]2[C@H](Oc3cc(O)c4c(=O)c(O[C@@H]5O[C@@H](CO)[C@H](O)[C@H](O)[C@H]5O)c(-c5ccc(O)c(O)c5)oc4c3)O[C@H](CO)[C@@H](O)[C@@H]2O)[C@H](O)[C@@H](O)[C@H]1O. The van der Waals surface area contributed by atoms with Gasteiger partial charge in [-0.25, -0.2) is 0 Å². The molecule has 1 aromatic heterocycles. The van der Waals surface area contributed by atoms with E-state index in [-0.39, 0.29) is 11.3 Å². The van der Waals surface area contributed by atoms with Crippen LogP contribution in [0.4, 0.5) is 0 Å². The second-order valence-corrected chi connectivity index (χ2v) is 13.0. The number of phenolic OH excluding ortho intramolecular Hbond substituents is 3. The summed E-state index contributed by atoms with van der Waals surface area (Å²) in [5.41, 5.74) is -1.66. The molecule has 0 aliphatic carbocycles. The lowest BCUT2D eigenvalue weighted by Gasteiger charge is -2.45. The lowest BCUT2D eigenvalue weighted by atomic mass is 9.97. The minimum absolute atomic E-state index is 0.116. The smallest absolute Gasteiger partial charge is 0.239 e. The Kier molecular flexibility index (Phi) is 11.5. The average molecular weight is 773 g/mol. The van der Waals surface area contributed by atoms with E-state index in [9.17, 15) is 71.2 Å². The fraction of sp³-hybridized carbons (Fsp3) is 0.545. The molecule has 0 amide bonds. The van der Waals surface area contributed by atoms with Crippen LogP contribution in [0.25, 0.3) is 22.3 Å². The first-order valence-corrected chi connectivity index (χ1v) is 16.5. The van der Waals surface area contributed by atoms with Crippen LogP contribution in [0.15, 0.2) is 39.5 Å². The van der Waals surface area contributed by atoms with Crippen molar-refractivity contribution in [3.8, 4) is 40.1 Å². The molecule has 298 valence electrons. The van der Waals surface area contributed by atoms with Crippen LogP contribution in [0.3, 0.4) is 0 Å². The summed E-state index contributed by atoms with van der Waals surface area (Å²) < 4.78 is 39.6. The number of rotatable bonds is 9. The van der Waals surface area contributed by atoms with E-state index in [0.29, 0.717) is 0 Å². The van der Waals surface area contributed by atoms with Crippen LogP contribution >= 0.6 is 0 Å². The van der Waals surface area contributed by atoms with Crippen molar-refractivity contribution in [3.63, 3.8) is 0 Å². The van der Waals surface area contributed by atoms with Gasteiger partial charge in [0.25, 0.3) is 0 Å². The molecule has 6 rings (SSSR count). The summed E-state index contributed by atoms with van der Waals surface area (Å²) in [7, 11) is 0. The van der Waals surface area contributed by atoms with Crippen molar-refractivity contribution >= 4 is 11.0 Å². The predicted octanol–water partition coefficient (Wildman–Crippen LogP) is -4.21. The zero-order valence-corrected chi connectivity index (χ0v) is 28.0. The Bertz CT molecular complexity index is 1850. The number of phenols is 3. The third-order valence-electron chi connectivity index (χ3n) is 9.40. The zero-order valence-electron chi connectivity index (χ0n) is 28.0. The van der Waals surface area contributed by atoms with E-state index < -0.39 is 150 Å². The standard InChI is InChI=1S/C33H40O21/c1-9-19(39)23(43)26(46)31(48-9)54-30-25(45)21(41)17(8-35)52-33(30)49-11-5-14(38)18-15(6-11)50-28(10-2-3-12(36)13(37)4-10)29(22(18)42)53-32-27(47)24(44)20(40)16(7-34)51-32/h2-6,9,16-17,19-21,23-27,30-41,43-47H,7-8H2,1H3/t9-,16-,17+,19-,20-,21+,23-,24-,25-,26+,27+,30-,31-,32-,33+/m0/s1. The van der Waals surface area contributed by atoms with Gasteiger partial charge in [-0.1, -0.05) is 0 Å². The highest BCUT2D eigenvalue weighted by Crippen LogP contribution is 2.40. The molecule has 0 bridgehead atoms. The molecule has 0 unspecified atom stereocenters. The number of aliphatic hydroxyl groups is 10. The quantitative estimate of drug-likeness (QED) is 0.0917. The molecule has 21 nitrogen and oxygen atoms in total. The molecule has 3 aliphatic rings.